The summed E-state index contributed by atoms with van der Waals surface area (Å²) in [5.41, 5.74) is 0. The first-order valence-electron chi connectivity index (χ1n) is 5.18. The Morgan fingerprint density at radius 3 is 2.79 bits per heavy atom. The molecule has 82 valence electrons. The van der Waals surface area contributed by atoms with Crippen molar-refractivity contribution in [1.82, 2.24) is 10.2 Å². The van der Waals surface area contributed by atoms with Gasteiger partial charge in [0, 0.05) is 19.1 Å². The summed E-state index contributed by atoms with van der Waals surface area (Å²) in [5, 5.41) is 3.23. The highest BCUT2D eigenvalue weighted by atomic mass is 16.5. The van der Waals surface area contributed by atoms with E-state index >= 15 is 0 Å². The Hall–Kier alpha value is -0.610. The molecule has 1 N–H and O–H groups in total. The molecule has 4 heteroatoms. The van der Waals surface area contributed by atoms with Crippen molar-refractivity contribution >= 4 is 5.97 Å². The number of carbonyl (C=O) groups excluding carboxylic acids is 1. The Bertz CT molecular complexity index is 185. The van der Waals surface area contributed by atoms with Crippen LogP contribution >= 0.6 is 0 Å². The zero-order valence-corrected chi connectivity index (χ0v) is 9.25. The molecule has 0 aliphatic carbocycles. The number of hydrogen-bond donors (Lipinski definition) is 1. The van der Waals surface area contributed by atoms with Gasteiger partial charge in [-0.1, -0.05) is 6.92 Å². The highest BCUT2D eigenvalue weighted by molar-refractivity contribution is 5.72. The van der Waals surface area contributed by atoms with Crippen molar-refractivity contribution < 1.29 is 9.53 Å². The Morgan fingerprint density at radius 1 is 1.57 bits per heavy atom. The number of esters is 1. The van der Waals surface area contributed by atoms with Crippen molar-refractivity contribution in [2.45, 2.75) is 19.4 Å². The number of rotatable bonds is 3. The SMILES string of the molecule is CCN1CC(NC)CC(C(=O)OC)C1. The molecule has 2 unspecified atom stereocenters. The first-order chi connectivity index (χ1) is 6.71. The monoisotopic (exact) mass is 200 g/mol. The zero-order chi connectivity index (χ0) is 10.6. The van der Waals surface area contributed by atoms with Crippen LogP contribution in [0.25, 0.3) is 0 Å². The average Bonchev–Trinajstić information content (AvgIpc) is 2.27. The summed E-state index contributed by atoms with van der Waals surface area (Å²) in [5.74, 6) is -0.0467. The molecule has 1 saturated heterocycles. The molecule has 0 aromatic rings. The van der Waals surface area contributed by atoms with Gasteiger partial charge in [0.1, 0.15) is 0 Å². The molecule has 0 bridgehead atoms. The summed E-state index contributed by atoms with van der Waals surface area (Å²) < 4.78 is 4.78. The van der Waals surface area contributed by atoms with Crippen LogP contribution in [0.2, 0.25) is 0 Å². The summed E-state index contributed by atoms with van der Waals surface area (Å²) in [7, 11) is 3.40. The summed E-state index contributed by atoms with van der Waals surface area (Å²) >= 11 is 0. The van der Waals surface area contributed by atoms with Gasteiger partial charge in [0.15, 0.2) is 0 Å². The van der Waals surface area contributed by atoms with E-state index in [0.717, 1.165) is 26.1 Å². The van der Waals surface area contributed by atoms with E-state index in [2.05, 4.69) is 17.1 Å². The lowest BCUT2D eigenvalue weighted by molar-refractivity contribution is -0.147. The van der Waals surface area contributed by atoms with Crippen molar-refractivity contribution in [2.24, 2.45) is 5.92 Å². The van der Waals surface area contributed by atoms with Gasteiger partial charge in [-0.15, -0.1) is 0 Å². The molecule has 1 aliphatic rings. The van der Waals surface area contributed by atoms with Crippen molar-refractivity contribution in [3.05, 3.63) is 0 Å². The maximum atomic E-state index is 11.4. The second-order valence-electron chi connectivity index (χ2n) is 3.79. The highest BCUT2D eigenvalue weighted by Gasteiger charge is 2.30. The molecule has 0 radical (unpaired) electrons. The highest BCUT2D eigenvalue weighted by Crippen LogP contribution is 2.17. The van der Waals surface area contributed by atoms with Crippen molar-refractivity contribution in [3.8, 4) is 0 Å². The van der Waals surface area contributed by atoms with Gasteiger partial charge in [-0.2, -0.15) is 0 Å². The van der Waals surface area contributed by atoms with E-state index in [-0.39, 0.29) is 11.9 Å². The fourth-order valence-corrected chi connectivity index (χ4v) is 2.00. The Morgan fingerprint density at radius 2 is 2.29 bits per heavy atom. The molecular formula is C10H20N2O2. The number of piperidine rings is 1. The number of carbonyl (C=O) groups is 1. The van der Waals surface area contributed by atoms with Gasteiger partial charge in [0.2, 0.25) is 0 Å². The largest absolute Gasteiger partial charge is 0.469 e. The summed E-state index contributed by atoms with van der Waals surface area (Å²) in [6.07, 6.45) is 0.889. The predicted octanol–water partition coefficient (Wildman–Crippen LogP) is 0.0892. The molecule has 1 aliphatic heterocycles. The van der Waals surface area contributed by atoms with Crippen LogP contribution in [0.4, 0.5) is 0 Å². The Kier molecular flexibility index (Phi) is 4.35. The van der Waals surface area contributed by atoms with Crippen LogP contribution in [0, 0.1) is 5.92 Å². The first-order valence-corrected chi connectivity index (χ1v) is 5.18. The third kappa shape index (κ3) is 2.69. The lowest BCUT2D eigenvalue weighted by Crippen LogP contribution is -2.50. The molecule has 0 spiro atoms. The van der Waals surface area contributed by atoms with Gasteiger partial charge in [0.25, 0.3) is 0 Å². The smallest absolute Gasteiger partial charge is 0.310 e. The summed E-state index contributed by atoms with van der Waals surface area (Å²) in [6, 6.07) is 0.410. The molecule has 14 heavy (non-hydrogen) atoms. The molecule has 1 heterocycles. The number of likely N-dealkylation sites (N-methyl/N-ethyl adjacent to an activating group) is 2. The number of nitrogens with one attached hydrogen (secondary N) is 1. The van der Waals surface area contributed by atoms with Gasteiger partial charge in [-0.3, -0.25) is 4.79 Å². The molecule has 4 nitrogen and oxygen atoms in total. The van der Waals surface area contributed by atoms with Crippen LogP contribution in [0.1, 0.15) is 13.3 Å². The molecule has 0 aromatic heterocycles. The minimum atomic E-state index is -0.0802. The molecule has 2 atom stereocenters. The van der Waals surface area contributed by atoms with Crippen LogP contribution < -0.4 is 5.32 Å². The van der Waals surface area contributed by atoms with Crippen molar-refractivity contribution in [2.75, 3.05) is 33.8 Å². The Balaban J connectivity index is 2.55. The van der Waals surface area contributed by atoms with Crippen LogP contribution in [0.15, 0.2) is 0 Å². The number of likely N-dealkylation sites (tertiary alicyclic amines) is 1. The van der Waals surface area contributed by atoms with Gasteiger partial charge >= 0.3 is 5.97 Å². The van der Waals surface area contributed by atoms with Crippen LogP contribution in [-0.2, 0) is 9.53 Å². The van der Waals surface area contributed by atoms with Gasteiger partial charge in [0.05, 0.1) is 13.0 Å². The van der Waals surface area contributed by atoms with E-state index in [9.17, 15) is 4.79 Å². The molecule has 0 amide bonds. The van der Waals surface area contributed by atoms with E-state index < -0.39 is 0 Å². The molecule has 1 rings (SSSR count). The number of ether oxygens (including phenoxy) is 1. The van der Waals surface area contributed by atoms with Crippen LogP contribution in [0.3, 0.4) is 0 Å². The van der Waals surface area contributed by atoms with E-state index in [1.165, 1.54) is 7.11 Å². The molecule has 0 saturated carbocycles. The first kappa shape index (κ1) is 11.5. The zero-order valence-electron chi connectivity index (χ0n) is 9.25. The maximum absolute atomic E-state index is 11.4. The van der Waals surface area contributed by atoms with Crippen LogP contribution in [0.5, 0.6) is 0 Å². The lowest BCUT2D eigenvalue weighted by Gasteiger charge is -2.35. The molecular weight excluding hydrogens is 180 g/mol. The second kappa shape index (κ2) is 5.32. The van der Waals surface area contributed by atoms with Gasteiger partial charge in [-0.25, -0.2) is 0 Å². The van der Waals surface area contributed by atoms with E-state index in [1.807, 2.05) is 7.05 Å². The van der Waals surface area contributed by atoms with Gasteiger partial charge in [-0.05, 0) is 20.0 Å². The number of hydrogen-bond acceptors (Lipinski definition) is 4. The summed E-state index contributed by atoms with van der Waals surface area (Å²) in [4.78, 5) is 13.7. The number of nitrogens with zero attached hydrogens (tertiary/aromatic N) is 1. The van der Waals surface area contributed by atoms with Crippen molar-refractivity contribution in [1.29, 1.82) is 0 Å². The second-order valence-corrected chi connectivity index (χ2v) is 3.79. The standard InChI is InChI=1S/C10H20N2O2/c1-4-12-6-8(10(13)14-3)5-9(7-12)11-2/h8-9,11H,4-7H2,1-3H3. The number of methoxy groups -OCH3 is 1. The fourth-order valence-electron chi connectivity index (χ4n) is 2.00. The fraction of sp³-hybridized carbons (Fsp3) is 0.900. The van der Waals surface area contributed by atoms with E-state index in [1.54, 1.807) is 0 Å². The van der Waals surface area contributed by atoms with Crippen LogP contribution in [-0.4, -0.2) is 50.7 Å². The van der Waals surface area contributed by atoms with E-state index in [4.69, 9.17) is 4.74 Å². The van der Waals surface area contributed by atoms with Gasteiger partial charge < -0.3 is 15.0 Å². The third-order valence-corrected chi connectivity index (χ3v) is 2.92. The lowest BCUT2D eigenvalue weighted by atomic mass is 9.94. The minimum Gasteiger partial charge on any atom is -0.469 e. The maximum Gasteiger partial charge on any atom is 0.310 e. The molecule has 0 aromatic carbocycles. The average molecular weight is 200 g/mol. The summed E-state index contributed by atoms with van der Waals surface area (Å²) in [6.45, 7) is 4.97. The topological polar surface area (TPSA) is 41.6 Å². The quantitative estimate of drug-likeness (QED) is 0.656. The van der Waals surface area contributed by atoms with E-state index in [0.29, 0.717) is 6.04 Å². The third-order valence-electron chi connectivity index (χ3n) is 2.92. The molecule has 1 fully saturated rings. The normalized spacial score (nSPS) is 28.8. The predicted molar refractivity (Wildman–Crippen MR) is 55.1 cm³/mol. The van der Waals surface area contributed by atoms with Crippen molar-refractivity contribution in [3.63, 3.8) is 0 Å². The minimum absolute atomic E-state index is 0.0335. The Labute approximate surface area is 85.6 Å².